The highest BCUT2D eigenvalue weighted by atomic mass is 16.5. The van der Waals surface area contributed by atoms with Gasteiger partial charge in [-0.3, -0.25) is 9.59 Å². The standard InChI is InChI=1S/C25H26N2O4/c1-15(2)16-7-9-17(10-8-16)26-23(28)21-20-11-12-25(31-20)14-27(24(29)22(21)25)18-5-4-6-19(13-18)30-3/h4-13,15,20-22H,14H2,1-3H3,(H,26,28). The van der Waals surface area contributed by atoms with Crippen molar-refractivity contribution in [3.05, 3.63) is 66.2 Å². The van der Waals surface area contributed by atoms with Gasteiger partial charge in [-0.15, -0.1) is 0 Å². The summed E-state index contributed by atoms with van der Waals surface area (Å²) in [5.74, 6) is -0.261. The number of hydrogen-bond donors (Lipinski definition) is 1. The Kier molecular flexibility index (Phi) is 4.63. The van der Waals surface area contributed by atoms with Gasteiger partial charge in [0.05, 0.1) is 31.6 Å². The van der Waals surface area contributed by atoms with Crippen molar-refractivity contribution in [3.63, 3.8) is 0 Å². The molecular formula is C25H26N2O4. The molecule has 160 valence electrons. The summed E-state index contributed by atoms with van der Waals surface area (Å²) in [5, 5.41) is 2.99. The minimum Gasteiger partial charge on any atom is -0.497 e. The molecule has 4 unspecified atom stereocenters. The molecule has 1 spiro atoms. The molecule has 2 saturated heterocycles. The summed E-state index contributed by atoms with van der Waals surface area (Å²) in [5.41, 5.74) is 1.93. The molecule has 6 heteroatoms. The summed E-state index contributed by atoms with van der Waals surface area (Å²) in [7, 11) is 1.60. The summed E-state index contributed by atoms with van der Waals surface area (Å²) < 4.78 is 11.5. The van der Waals surface area contributed by atoms with Gasteiger partial charge < -0.3 is 19.7 Å². The predicted molar refractivity (Wildman–Crippen MR) is 118 cm³/mol. The van der Waals surface area contributed by atoms with Gasteiger partial charge in [0.25, 0.3) is 0 Å². The highest BCUT2D eigenvalue weighted by Gasteiger charge is 2.67. The monoisotopic (exact) mass is 418 g/mol. The van der Waals surface area contributed by atoms with Gasteiger partial charge in [-0.1, -0.05) is 44.2 Å². The van der Waals surface area contributed by atoms with Crippen molar-refractivity contribution in [1.82, 2.24) is 0 Å². The van der Waals surface area contributed by atoms with Crippen LogP contribution in [0.15, 0.2) is 60.7 Å². The quantitative estimate of drug-likeness (QED) is 0.751. The zero-order chi connectivity index (χ0) is 21.8. The molecule has 0 aliphatic carbocycles. The maximum atomic E-state index is 13.4. The van der Waals surface area contributed by atoms with Gasteiger partial charge in [0.15, 0.2) is 0 Å². The number of carbonyl (C=O) groups is 2. The third kappa shape index (κ3) is 3.13. The van der Waals surface area contributed by atoms with Crippen LogP contribution >= 0.6 is 0 Å². The molecule has 0 saturated carbocycles. The van der Waals surface area contributed by atoms with Gasteiger partial charge in [0.2, 0.25) is 11.8 Å². The van der Waals surface area contributed by atoms with Crippen LogP contribution in [0.25, 0.3) is 0 Å². The number of amides is 2. The lowest BCUT2D eigenvalue weighted by molar-refractivity contribution is -0.128. The molecule has 2 amide bonds. The first-order valence-electron chi connectivity index (χ1n) is 10.7. The Morgan fingerprint density at radius 1 is 1.23 bits per heavy atom. The topological polar surface area (TPSA) is 67.9 Å². The van der Waals surface area contributed by atoms with Gasteiger partial charge in [-0.2, -0.15) is 0 Å². The van der Waals surface area contributed by atoms with E-state index in [0.29, 0.717) is 18.2 Å². The highest BCUT2D eigenvalue weighted by molar-refractivity contribution is 6.05. The summed E-state index contributed by atoms with van der Waals surface area (Å²) in [4.78, 5) is 28.4. The average Bonchev–Trinajstić information content (AvgIpc) is 3.42. The zero-order valence-corrected chi connectivity index (χ0v) is 17.9. The summed E-state index contributed by atoms with van der Waals surface area (Å²) in [6.45, 7) is 4.65. The fourth-order valence-electron chi connectivity index (χ4n) is 4.97. The molecule has 2 bridgehead atoms. The molecular weight excluding hydrogens is 392 g/mol. The first-order chi connectivity index (χ1) is 14.9. The van der Waals surface area contributed by atoms with Gasteiger partial charge in [0.1, 0.15) is 11.4 Å². The Hall–Kier alpha value is -3.12. The van der Waals surface area contributed by atoms with Crippen molar-refractivity contribution in [2.75, 3.05) is 23.9 Å². The molecule has 2 fully saturated rings. The largest absolute Gasteiger partial charge is 0.497 e. The fraction of sp³-hybridized carbons (Fsp3) is 0.360. The molecule has 6 nitrogen and oxygen atoms in total. The normalized spacial score (nSPS) is 28.3. The van der Waals surface area contributed by atoms with E-state index in [1.54, 1.807) is 12.0 Å². The molecule has 5 rings (SSSR count). The second-order valence-electron chi connectivity index (χ2n) is 8.79. The van der Waals surface area contributed by atoms with Crippen LogP contribution in [-0.4, -0.2) is 37.2 Å². The second kappa shape index (κ2) is 7.24. The fourth-order valence-corrected chi connectivity index (χ4v) is 4.97. The molecule has 2 aromatic carbocycles. The number of benzene rings is 2. The maximum Gasteiger partial charge on any atom is 0.234 e. The van der Waals surface area contributed by atoms with Crippen LogP contribution in [0.4, 0.5) is 11.4 Å². The Morgan fingerprint density at radius 2 is 2.00 bits per heavy atom. The maximum absolute atomic E-state index is 13.4. The summed E-state index contributed by atoms with van der Waals surface area (Å²) in [6, 6.07) is 15.3. The number of carbonyl (C=O) groups excluding carboxylic acids is 2. The van der Waals surface area contributed by atoms with Crippen molar-refractivity contribution in [2.45, 2.75) is 31.5 Å². The Morgan fingerprint density at radius 3 is 2.71 bits per heavy atom. The second-order valence-corrected chi connectivity index (χ2v) is 8.79. The van der Waals surface area contributed by atoms with Crippen LogP contribution in [0, 0.1) is 11.8 Å². The minimum absolute atomic E-state index is 0.0876. The van der Waals surface area contributed by atoms with E-state index in [1.165, 1.54) is 5.56 Å². The third-order valence-corrected chi connectivity index (χ3v) is 6.61. The smallest absolute Gasteiger partial charge is 0.234 e. The lowest BCUT2D eigenvalue weighted by Gasteiger charge is -2.23. The molecule has 3 heterocycles. The van der Waals surface area contributed by atoms with Crippen LogP contribution in [-0.2, 0) is 14.3 Å². The van der Waals surface area contributed by atoms with Crippen LogP contribution in [0.3, 0.4) is 0 Å². The molecule has 31 heavy (non-hydrogen) atoms. The summed E-state index contributed by atoms with van der Waals surface area (Å²) in [6.07, 6.45) is 3.50. The van der Waals surface area contributed by atoms with Crippen molar-refractivity contribution in [3.8, 4) is 5.75 Å². The molecule has 2 aromatic rings. The molecule has 0 radical (unpaired) electrons. The van der Waals surface area contributed by atoms with E-state index in [4.69, 9.17) is 9.47 Å². The predicted octanol–water partition coefficient (Wildman–Crippen LogP) is 3.74. The molecule has 1 N–H and O–H groups in total. The van der Waals surface area contributed by atoms with Crippen LogP contribution in [0.5, 0.6) is 5.75 Å². The SMILES string of the molecule is COc1cccc(N2CC34C=CC(O3)C(C(=O)Nc3ccc(C(C)C)cc3)C4C2=O)c1. The van der Waals surface area contributed by atoms with E-state index in [0.717, 1.165) is 11.4 Å². The van der Waals surface area contributed by atoms with E-state index in [1.807, 2.05) is 60.7 Å². The number of nitrogens with one attached hydrogen (secondary N) is 1. The van der Waals surface area contributed by atoms with Crippen molar-refractivity contribution in [1.29, 1.82) is 0 Å². The molecule has 3 aliphatic heterocycles. The van der Waals surface area contributed by atoms with Crippen molar-refractivity contribution < 1.29 is 19.1 Å². The van der Waals surface area contributed by atoms with Gasteiger partial charge in [-0.05, 0) is 35.7 Å². The van der Waals surface area contributed by atoms with Crippen LogP contribution in [0.1, 0.15) is 25.3 Å². The first kappa shape index (κ1) is 19.8. The van der Waals surface area contributed by atoms with Crippen molar-refractivity contribution >= 4 is 23.2 Å². The number of ether oxygens (including phenoxy) is 2. The van der Waals surface area contributed by atoms with Gasteiger partial charge in [-0.25, -0.2) is 0 Å². The van der Waals surface area contributed by atoms with E-state index in [2.05, 4.69) is 19.2 Å². The lowest BCUT2D eigenvalue weighted by atomic mass is 9.76. The highest BCUT2D eigenvalue weighted by Crippen LogP contribution is 2.53. The average molecular weight is 418 g/mol. The lowest BCUT2D eigenvalue weighted by Crippen LogP contribution is -2.41. The Labute approximate surface area is 181 Å². The minimum atomic E-state index is -0.756. The van der Waals surface area contributed by atoms with E-state index >= 15 is 0 Å². The third-order valence-electron chi connectivity index (χ3n) is 6.61. The van der Waals surface area contributed by atoms with Crippen LogP contribution < -0.4 is 15.0 Å². The number of fused-ring (bicyclic) bond motifs is 1. The number of nitrogens with zero attached hydrogens (tertiary/aromatic N) is 1. The van der Waals surface area contributed by atoms with Gasteiger partial charge >= 0.3 is 0 Å². The zero-order valence-electron chi connectivity index (χ0n) is 17.9. The number of anilines is 2. The number of rotatable bonds is 5. The molecule has 4 atom stereocenters. The first-order valence-corrected chi connectivity index (χ1v) is 10.7. The van der Waals surface area contributed by atoms with E-state index in [9.17, 15) is 9.59 Å². The van der Waals surface area contributed by atoms with Crippen molar-refractivity contribution in [2.24, 2.45) is 11.8 Å². The molecule has 3 aliphatic rings. The molecule has 0 aromatic heterocycles. The number of hydrogen-bond acceptors (Lipinski definition) is 4. The van der Waals surface area contributed by atoms with Gasteiger partial charge in [0, 0.05) is 17.4 Å². The number of methoxy groups -OCH3 is 1. The van der Waals surface area contributed by atoms with E-state index in [-0.39, 0.29) is 17.9 Å². The van der Waals surface area contributed by atoms with E-state index < -0.39 is 17.4 Å². The summed E-state index contributed by atoms with van der Waals surface area (Å²) >= 11 is 0. The Bertz CT molecular complexity index is 1060. The Balaban J connectivity index is 1.39. The van der Waals surface area contributed by atoms with Crippen LogP contribution in [0.2, 0.25) is 0 Å².